The molecule has 0 aliphatic rings. The van der Waals surface area contributed by atoms with Gasteiger partial charge < -0.3 is 16.2 Å². The summed E-state index contributed by atoms with van der Waals surface area (Å²) in [5.41, 5.74) is 5.06. The maximum Gasteiger partial charge on any atom is 0.355 e. The molecular formula is C19H15Cl3N4O4S. The molecule has 0 radical (unpaired) electrons. The third kappa shape index (κ3) is 6.56. The van der Waals surface area contributed by atoms with Crippen LogP contribution in [0.15, 0.2) is 47.8 Å². The average Bonchev–Trinajstić information content (AvgIpc) is 3.20. The van der Waals surface area contributed by atoms with E-state index < -0.39 is 17.9 Å². The van der Waals surface area contributed by atoms with Crippen molar-refractivity contribution >= 4 is 74.9 Å². The number of primary amides is 1. The summed E-state index contributed by atoms with van der Waals surface area (Å²) in [7, 11) is 1.47. The van der Waals surface area contributed by atoms with Crippen LogP contribution in [0.25, 0.3) is 0 Å². The molecule has 0 saturated carbocycles. The van der Waals surface area contributed by atoms with Crippen LogP contribution in [0.2, 0.25) is 15.1 Å². The molecule has 8 nitrogen and oxygen atoms in total. The number of benzene rings is 2. The van der Waals surface area contributed by atoms with Crippen LogP contribution in [-0.4, -0.2) is 35.0 Å². The van der Waals surface area contributed by atoms with Crippen LogP contribution in [0.3, 0.4) is 0 Å². The number of nitrogens with one attached hydrogen (secondary N) is 1. The number of aromatic nitrogens is 1. The molecule has 0 fully saturated rings. The lowest BCUT2D eigenvalue weighted by atomic mass is 10.2. The summed E-state index contributed by atoms with van der Waals surface area (Å²) in [6.07, 6.45) is 0. The number of halogens is 3. The number of carboxylic acid groups (broad SMARTS) is 1. The minimum Gasteiger partial charge on any atom is -0.476 e. The van der Waals surface area contributed by atoms with E-state index in [-0.39, 0.29) is 21.4 Å². The van der Waals surface area contributed by atoms with Crippen molar-refractivity contribution in [3.8, 4) is 0 Å². The van der Waals surface area contributed by atoms with E-state index in [4.69, 9.17) is 39.9 Å². The van der Waals surface area contributed by atoms with Crippen molar-refractivity contribution in [3.05, 3.63) is 74.2 Å². The zero-order chi connectivity index (χ0) is 23.1. The molecule has 0 saturated heterocycles. The molecule has 3 aromatic rings. The molecule has 4 N–H and O–H groups in total. The Morgan fingerprint density at radius 2 is 1.65 bits per heavy atom. The van der Waals surface area contributed by atoms with Crippen molar-refractivity contribution in [2.45, 2.75) is 0 Å². The molecule has 1 aromatic heterocycles. The first-order valence-electron chi connectivity index (χ1n) is 8.35. The molecule has 0 unspecified atom stereocenters. The van der Waals surface area contributed by atoms with Crippen molar-refractivity contribution < 1.29 is 19.5 Å². The van der Waals surface area contributed by atoms with Gasteiger partial charge in [0.15, 0.2) is 10.8 Å². The van der Waals surface area contributed by atoms with Gasteiger partial charge in [0.05, 0.1) is 16.3 Å². The van der Waals surface area contributed by atoms with E-state index in [0.717, 1.165) is 11.3 Å². The first kappa shape index (κ1) is 24.4. The summed E-state index contributed by atoms with van der Waals surface area (Å²) < 4.78 is 0. The lowest BCUT2D eigenvalue weighted by Crippen LogP contribution is -2.26. The van der Waals surface area contributed by atoms with Gasteiger partial charge in [-0.05, 0) is 42.5 Å². The summed E-state index contributed by atoms with van der Waals surface area (Å²) in [5.74, 6) is -1.65. The van der Waals surface area contributed by atoms with Crippen LogP contribution in [-0.2, 0) is 0 Å². The van der Waals surface area contributed by atoms with E-state index in [1.165, 1.54) is 29.5 Å². The van der Waals surface area contributed by atoms with Gasteiger partial charge in [0.25, 0.3) is 5.91 Å². The van der Waals surface area contributed by atoms with Crippen LogP contribution in [0.5, 0.6) is 0 Å². The molecule has 0 bridgehead atoms. The van der Waals surface area contributed by atoms with Crippen LogP contribution in [0, 0.1) is 0 Å². The molecule has 0 aliphatic carbocycles. The number of thiazole rings is 1. The lowest BCUT2D eigenvalue weighted by molar-refractivity contribution is 0.0691. The second kappa shape index (κ2) is 11.0. The van der Waals surface area contributed by atoms with Crippen molar-refractivity contribution in [3.63, 3.8) is 0 Å². The molecule has 1 heterocycles. The van der Waals surface area contributed by atoms with Gasteiger partial charge in [-0.2, -0.15) is 0 Å². The number of carbonyl (C=O) groups excluding carboxylic acids is 2. The van der Waals surface area contributed by atoms with Gasteiger partial charge in [0.1, 0.15) is 0 Å². The monoisotopic (exact) mass is 500 g/mol. The van der Waals surface area contributed by atoms with Gasteiger partial charge in [-0.3, -0.25) is 9.69 Å². The van der Waals surface area contributed by atoms with Crippen LogP contribution < -0.4 is 16.0 Å². The Morgan fingerprint density at radius 1 is 1.06 bits per heavy atom. The van der Waals surface area contributed by atoms with Crippen LogP contribution in [0.4, 0.5) is 15.6 Å². The standard InChI is InChI=1S/C17H9Cl3N2O3S.C2H6N2O/c18-9-1-4-11(5-2-9)22(17-21-14(8-26-17)16(24)25)15(23)12-6-3-10(19)7-13(12)20;1-4-2(3)5/h1-8H,(H,24,25);1H3,(H3,3,4,5). The molecular weight excluding hydrogens is 487 g/mol. The summed E-state index contributed by atoms with van der Waals surface area (Å²) in [6.45, 7) is 0. The number of nitrogens with zero attached hydrogens (tertiary/aromatic N) is 2. The number of amides is 3. The average molecular weight is 502 g/mol. The molecule has 0 aliphatic heterocycles. The number of rotatable bonds is 4. The topological polar surface area (TPSA) is 126 Å². The smallest absolute Gasteiger partial charge is 0.355 e. The Labute approximate surface area is 196 Å². The first-order valence-corrected chi connectivity index (χ1v) is 10.4. The lowest BCUT2D eigenvalue weighted by Gasteiger charge is -2.20. The Balaban J connectivity index is 0.000000614. The predicted molar refractivity (Wildman–Crippen MR) is 122 cm³/mol. The second-order valence-electron chi connectivity index (χ2n) is 5.68. The largest absolute Gasteiger partial charge is 0.476 e. The highest BCUT2D eigenvalue weighted by atomic mass is 35.5. The Bertz CT molecular complexity index is 1110. The minimum absolute atomic E-state index is 0.154. The molecule has 2 aromatic carbocycles. The van der Waals surface area contributed by atoms with Crippen molar-refractivity contribution in [1.29, 1.82) is 0 Å². The molecule has 31 heavy (non-hydrogen) atoms. The minimum atomic E-state index is -1.18. The summed E-state index contributed by atoms with van der Waals surface area (Å²) in [5, 5.41) is 13.9. The zero-order valence-electron chi connectivity index (χ0n) is 15.8. The van der Waals surface area contributed by atoms with Crippen molar-refractivity contribution in [2.24, 2.45) is 5.73 Å². The van der Waals surface area contributed by atoms with Crippen molar-refractivity contribution in [2.75, 3.05) is 11.9 Å². The van der Waals surface area contributed by atoms with Gasteiger partial charge in [0, 0.05) is 22.5 Å². The van der Waals surface area contributed by atoms with E-state index in [1.807, 2.05) is 0 Å². The zero-order valence-corrected chi connectivity index (χ0v) is 18.9. The molecule has 0 spiro atoms. The Morgan fingerprint density at radius 3 is 2.13 bits per heavy atom. The van der Waals surface area contributed by atoms with Gasteiger partial charge in [0.2, 0.25) is 0 Å². The molecule has 3 rings (SSSR count). The maximum absolute atomic E-state index is 13.1. The predicted octanol–water partition coefficient (Wildman–Crippen LogP) is 5.06. The Kier molecular flexibility index (Phi) is 8.64. The number of aromatic carboxylic acids is 1. The van der Waals surface area contributed by atoms with E-state index in [1.54, 1.807) is 30.3 Å². The number of hydrogen-bond donors (Lipinski definition) is 3. The highest BCUT2D eigenvalue weighted by Gasteiger charge is 2.25. The fourth-order valence-electron chi connectivity index (χ4n) is 2.15. The Hall–Kier alpha value is -2.85. The fraction of sp³-hybridized carbons (Fsp3) is 0.0526. The van der Waals surface area contributed by atoms with Crippen LogP contribution >= 0.6 is 46.1 Å². The normalized spacial score (nSPS) is 9.94. The van der Waals surface area contributed by atoms with Gasteiger partial charge in [-0.1, -0.05) is 34.8 Å². The van der Waals surface area contributed by atoms with Gasteiger partial charge in [-0.15, -0.1) is 11.3 Å². The second-order valence-corrected chi connectivity index (χ2v) is 7.79. The summed E-state index contributed by atoms with van der Waals surface area (Å²) in [4.78, 5) is 39.0. The SMILES string of the molecule is CNC(N)=O.O=C(O)c1csc(N(C(=O)c2ccc(Cl)cc2Cl)c2ccc(Cl)cc2)n1. The number of hydrogen-bond acceptors (Lipinski definition) is 5. The number of urea groups is 1. The number of nitrogens with two attached hydrogens (primary N) is 1. The maximum atomic E-state index is 13.1. The van der Waals surface area contributed by atoms with E-state index in [9.17, 15) is 14.4 Å². The number of carboxylic acids is 1. The van der Waals surface area contributed by atoms with Gasteiger partial charge in [-0.25, -0.2) is 14.6 Å². The summed E-state index contributed by atoms with van der Waals surface area (Å²) >= 11 is 19.0. The van der Waals surface area contributed by atoms with E-state index >= 15 is 0 Å². The van der Waals surface area contributed by atoms with Crippen LogP contribution in [0.1, 0.15) is 20.8 Å². The molecule has 162 valence electrons. The van der Waals surface area contributed by atoms with Gasteiger partial charge >= 0.3 is 12.0 Å². The molecule has 12 heteroatoms. The summed E-state index contributed by atoms with van der Waals surface area (Å²) in [6, 6.07) is 10.5. The van der Waals surface area contributed by atoms with E-state index in [2.05, 4.69) is 16.0 Å². The van der Waals surface area contributed by atoms with E-state index in [0.29, 0.717) is 15.7 Å². The quantitative estimate of drug-likeness (QED) is 0.460. The highest BCUT2D eigenvalue weighted by Crippen LogP contribution is 2.33. The third-order valence-electron chi connectivity index (χ3n) is 3.60. The van der Waals surface area contributed by atoms with Crippen molar-refractivity contribution in [1.82, 2.24) is 10.3 Å². The molecule has 3 amide bonds. The number of anilines is 2. The fourth-order valence-corrected chi connectivity index (χ4v) is 3.58. The molecule has 0 atom stereocenters. The third-order valence-corrected chi connectivity index (χ3v) is 5.22. The first-order chi connectivity index (χ1) is 14.6. The highest BCUT2D eigenvalue weighted by molar-refractivity contribution is 7.14. The number of carbonyl (C=O) groups is 3.